The van der Waals surface area contributed by atoms with Crippen molar-refractivity contribution in [1.29, 1.82) is 0 Å². The predicted molar refractivity (Wildman–Crippen MR) is 57.5 cm³/mol. The highest BCUT2D eigenvalue weighted by atomic mass is 32.1. The van der Waals surface area contributed by atoms with Crippen LogP contribution in [0.1, 0.15) is 6.92 Å². The topological polar surface area (TPSA) is 48.0 Å². The summed E-state index contributed by atoms with van der Waals surface area (Å²) in [6, 6.07) is 3.73. The predicted octanol–water partition coefficient (Wildman–Crippen LogP) is 1.59. The average molecular weight is 220 g/mol. The van der Waals surface area contributed by atoms with Gasteiger partial charge in [-0.2, -0.15) is 4.68 Å². The lowest BCUT2D eigenvalue weighted by Gasteiger charge is -1.86. The lowest BCUT2D eigenvalue weighted by molar-refractivity contribution is 0.499. The summed E-state index contributed by atoms with van der Waals surface area (Å²) in [6.07, 6.45) is 0. The molecule has 0 aliphatic carbocycles. The second kappa shape index (κ2) is 4.15. The van der Waals surface area contributed by atoms with E-state index in [9.17, 15) is 4.79 Å². The summed E-state index contributed by atoms with van der Waals surface area (Å²) in [5.41, 5.74) is 0. The van der Waals surface area contributed by atoms with Crippen LogP contribution in [0.25, 0.3) is 10.8 Å². The van der Waals surface area contributed by atoms with E-state index in [1.54, 1.807) is 6.92 Å². The molecule has 0 N–H and O–H groups in total. The van der Waals surface area contributed by atoms with Crippen molar-refractivity contribution in [3.05, 3.63) is 28.1 Å². The maximum atomic E-state index is 11.3. The van der Waals surface area contributed by atoms with E-state index in [1.165, 1.54) is 16.0 Å². The van der Waals surface area contributed by atoms with Crippen molar-refractivity contribution < 1.29 is 4.42 Å². The number of nitrogens with zero attached hydrogens (tertiary/aromatic N) is 2. The Labute approximate surface area is 90.2 Å². The molecule has 0 atom stereocenters. The molecule has 76 valence electrons. The zero-order valence-electron chi connectivity index (χ0n) is 8.06. The summed E-state index contributed by atoms with van der Waals surface area (Å²) < 4.78 is 6.21. The molecule has 4 nitrogen and oxygen atoms in total. The lowest BCUT2D eigenvalue weighted by atomic mass is 10.5. The van der Waals surface area contributed by atoms with Gasteiger partial charge in [0, 0.05) is 0 Å². The van der Waals surface area contributed by atoms with Gasteiger partial charge < -0.3 is 4.42 Å². The highest BCUT2D eigenvalue weighted by Gasteiger charge is 2.09. The number of thiophene rings is 1. The van der Waals surface area contributed by atoms with Crippen LogP contribution in [-0.2, 0) is 6.54 Å². The Kier molecular flexibility index (Phi) is 2.70. The van der Waals surface area contributed by atoms with Crippen LogP contribution in [0.4, 0.5) is 0 Å². The van der Waals surface area contributed by atoms with Crippen LogP contribution in [0.3, 0.4) is 0 Å². The molecule has 0 fully saturated rings. The van der Waals surface area contributed by atoms with Crippen molar-refractivity contribution in [2.45, 2.75) is 13.5 Å². The fourth-order valence-corrected chi connectivity index (χ4v) is 1.70. The number of aromatic nitrogens is 2. The van der Waals surface area contributed by atoms with Gasteiger partial charge in [-0.3, -0.25) is 0 Å². The molecular weight excluding hydrogens is 212 g/mol. The van der Waals surface area contributed by atoms with Gasteiger partial charge in [-0.05, 0) is 18.4 Å². The molecule has 0 spiro atoms. The van der Waals surface area contributed by atoms with Crippen LogP contribution in [-0.4, -0.2) is 9.78 Å². The van der Waals surface area contributed by atoms with Crippen molar-refractivity contribution in [3.63, 3.8) is 0 Å². The normalized spacial score (nSPS) is 9.67. The molecule has 0 radical (unpaired) electrons. The average Bonchev–Trinajstić information content (AvgIpc) is 2.83. The molecule has 2 aromatic rings. The molecule has 0 aromatic carbocycles. The first kappa shape index (κ1) is 9.74. The fourth-order valence-electron chi connectivity index (χ4n) is 1.06. The van der Waals surface area contributed by atoms with Crippen molar-refractivity contribution in [2.75, 3.05) is 0 Å². The van der Waals surface area contributed by atoms with Gasteiger partial charge in [0.15, 0.2) is 0 Å². The van der Waals surface area contributed by atoms with E-state index < -0.39 is 5.76 Å². The minimum atomic E-state index is -0.471. The quantitative estimate of drug-likeness (QED) is 0.722. The van der Waals surface area contributed by atoms with E-state index in [-0.39, 0.29) is 6.54 Å². The highest BCUT2D eigenvalue weighted by molar-refractivity contribution is 7.13. The minimum absolute atomic E-state index is 0.268. The third kappa shape index (κ3) is 2.00. The summed E-state index contributed by atoms with van der Waals surface area (Å²) >= 11 is 1.48. The van der Waals surface area contributed by atoms with E-state index in [0.29, 0.717) is 5.89 Å². The van der Waals surface area contributed by atoms with Crippen molar-refractivity contribution in [2.24, 2.45) is 0 Å². The monoisotopic (exact) mass is 220 g/mol. The number of rotatable bonds is 2. The van der Waals surface area contributed by atoms with Gasteiger partial charge in [0.2, 0.25) is 0 Å². The Balaban J connectivity index is 2.36. The molecule has 0 aliphatic heterocycles. The van der Waals surface area contributed by atoms with Gasteiger partial charge in [0.05, 0.1) is 4.88 Å². The summed E-state index contributed by atoms with van der Waals surface area (Å²) in [5, 5.41) is 5.94. The van der Waals surface area contributed by atoms with Gasteiger partial charge in [0.25, 0.3) is 5.89 Å². The molecule has 0 saturated heterocycles. The van der Waals surface area contributed by atoms with E-state index in [2.05, 4.69) is 16.9 Å². The number of hydrogen-bond acceptors (Lipinski definition) is 4. The van der Waals surface area contributed by atoms with Crippen molar-refractivity contribution >= 4 is 11.3 Å². The Bertz CT molecular complexity index is 554. The summed E-state index contributed by atoms with van der Waals surface area (Å²) in [7, 11) is 0. The molecule has 0 aliphatic rings. The van der Waals surface area contributed by atoms with Gasteiger partial charge in [0.1, 0.15) is 6.54 Å². The van der Waals surface area contributed by atoms with E-state index in [4.69, 9.17) is 4.42 Å². The van der Waals surface area contributed by atoms with E-state index in [1.807, 2.05) is 17.5 Å². The maximum Gasteiger partial charge on any atom is 0.438 e. The van der Waals surface area contributed by atoms with Gasteiger partial charge in [-0.25, -0.2) is 4.79 Å². The summed E-state index contributed by atoms with van der Waals surface area (Å²) in [4.78, 5) is 12.2. The van der Waals surface area contributed by atoms with Gasteiger partial charge >= 0.3 is 5.76 Å². The van der Waals surface area contributed by atoms with E-state index >= 15 is 0 Å². The maximum absolute atomic E-state index is 11.3. The first-order valence-corrected chi connectivity index (χ1v) is 5.20. The Morgan fingerprint density at radius 2 is 2.53 bits per heavy atom. The molecule has 0 saturated carbocycles. The third-order valence-corrected chi connectivity index (χ3v) is 2.60. The Morgan fingerprint density at radius 3 is 3.20 bits per heavy atom. The van der Waals surface area contributed by atoms with Crippen LogP contribution < -0.4 is 5.76 Å². The van der Waals surface area contributed by atoms with Crippen LogP contribution in [0, 0.1) is 11.8 Å². The zero-order chi connectivity index (χ0) is 10.7. The number of hydrogen-bond donors (Lipinski definition) is 0. The zero-order valence-corrected chi connectivity index (χ0v) is 8.87. The molecule has 0 bridgehead atoms. The fraction of sp³-hybridized carbons (Fsp3) is 0.200. The first-order valence-electron chi connectivity index (χ1n) is 4.32. The molecule has 15 heavy (non-hydrogen) atoms. The van der Waals surface area contributed by atoms with Crippen molar-refractivity contribution in [3.8, 4) is 22.6 Å². The SMILES string of the molecule is CC#CCn1nc(-c2cccs2)oc1=O. The van der Waals surface area contributed by atoms with Gasteiger partial charge in [-0.15, -0.1) is 22.4 Å². The molecule has 0 amide bonds. The Hall–Kier alpha value is -1.80. The van der Waals surface area contributed by atoms with Crippen LogP contribution in [0.2, 0.25) is 0 Å². The summed E-state index contributed by atoms with van der Waals surface area (Å²) in [5.74, 6) is 5.34. The minimum Gasteiger partial charge on any atom is -0.387 e. The van der Waals surface area contributed by atoms with Gasteiger partial charge in [-0.1, -0.05) is 12.0 Å². The molecule has 2 rings (SSSR count). The molecule has 2 heterocycles. The molecule has 2 aromatic heterocycles. The lowest BCUT2D eigenvalue weighted by Crippen LogP contribution is -2.14. The van der Waals surface area contributed by atoms with Crippen LogP contribution in [0.5, 0.6) is 0 Å². The molecular formula is C10H8N2O2S. The first-order chi connectivity index (χ1) is 7.31. The molecule has 5 heteroatoms. The highest BCUT2D eigenvalue weighted by Crippen LogP contribution is 2.20. The van der Waals surface area contributed by atoms with Crippen LogP contribution in [0.15, 0.2) is 26.7 Å². The summed E-state index contributed by atoms with van der Waals surface area (Å²) in [6.45, 7) is 1.98. The van der Waals surface area contributed by atoms with E-state index in [0.717, 1.165) is 4.88 Å². The standard InChI is InChI=1S/C10H8N2O2S/c1-2-3-6-12-10(13)14-9(11-12)8-5-4-7-15-8/h4-5,7H,6H2,1H3. The third-order valence-electron chi connectivity index (χ3n) is 1.74. The second-order valence-electron chi connectivity index (χ2n) is 2.73. The molecule has 0 unspecified atom stereocenters. The largest absolute Gasteiger partial charge is 0.438 e. The Morgan fingerprint density at radius 1 is 1.67 bits per heavy atom. The second-order valence-corrected chi connectivity index (χ2v) is 3.68. The smallest absolute Gasteiger partial charge is 0.387 e. The van der Waals surface area contributed by atoms with Crippen LogP contribution >= 0.6 is 11.3 Å². The van der Waals surface area contributed by atoms with Crippen molar-refractivity contribution in [1.82, 2.24) is 9.78 Å².